The molecule has 0 aliphatic carbocycles. The monoisotopic (exact) mass is 354 g/mol. The Bertz CT molecular complexity index is 803. The number of hydrogen-bond acceptors (Lipinski definition) is 7. The van der Waals surface area contributed by atoms with Gasteiger partial charge in [-0.25, -0.2) is 15.0 Å². The molecule has 136 valence electrons. The fourth-order valence-electron chi connectivity index (χ4n) is 3.64. The summed E-state index contributed by atoms with van der Waals surface area (Å²) in [6.07, 6.45) is 8.79. The predicted molar refractivity (Wildman–Crippen MR) is 94.9 cm³/mol. The largest absolute Gasteiger partial charge is 0.368 e. The molecule has 1 saturated heterocycles. The standard InChI is InChI=1S/C18H22N6O2/c1-23(2)17-21-11-13-3-10-26-18(15(13)22-17)4-8-24(9-5-18)16(25)14-12-19-6-7-20-14/h6-7,11-12H,3-5,8-10H2,1-2H3. The minimum absolute atomic E-state index is 0.0827. The van der Waals surface area contributed by atoms with E-state index in [1.54, 1.807) is 12.4 Å². The van der Waals surface area contributed by atoms with Gasteiger partial charge in [-0.05, 0) is 24.8 Å². The average molecular weight is 354 g/mol. The number of nitrogens with zero attached hydrogens (tertiary/aromatic N) is 6. The van der Waals surface area contributed by atoms with Crippen molar-refractivity contribution in [2.24, 2.45) is 0 Å². The molecule has 0 saturated carbocycles. The fraction of sp³-hybridized carbons (Fsp3) is 0.500. The van der Waals surface area contributed by atoms with E-state index < -0.39 is 5.60 Å². The number of likely N-dealkylation sites (tertiary alicyclic amines) is 1. The van der Waals surface area contributed by atoms with Crippen LogP contribution in [0.25, 0.3) is 0 Å². The molecule has 2 aromatic rings. The first-order valence-corrected chi connectivity index (χ1v) is 8.82. The molecule has 1 fully saturated rings. The Kier molecular flexibility index (Phi) is 4.28. The maximum absolute atomic E-state index is 12.6. The van der Waals surface area contributed by atoms with Gasteiger partial charge in [0, 0.05) is 45.8 Å². The Morgan fingerprint density at radius 2 is 2.00 bits per heavy atom. The summed E-state index contributed by atoms with van der Waals surface area (Å²) in [5, 5.41) is 0. The molecule has 4 heterocycles. The van der Waals surface area contributed by atoms with Gasteiger partial charge in [-0.3, -0.25) is 9.78 Å². The van der Waals surface area contributed by atoms with Crippen molar-refractivity contribution in [2.45, 2.75) is 24.9 Å². The second-order valence-corrected chi connectivity index (χ2v) is 6.91. The third-order valence-electron chi connectivity index (χ3n) is 5.07. The van der Waals surface area contributed by atoms with Crippen LogP contribution in [0.3, 0.4) is 0 Å². The molecule has 0 aromatic carbocycles. The molecule has 4 rings (SSSR count). The van der Waals surface area contributed by atoms with Crippen molar-refractivity contribution in [1.29, 1.82) is 0 Å². The number of carbonyl (C=O) groups is 1. The first-order chi connectivity index (χ1) is 12.6. The van der Waals surface area contributed by atoms with E-state index in [0.29, 0.717) is 31.3 Å². The molecule has 26 heavy (non-hydrogen) atoms. The van der Waals surface area contributed by atoms with Crippen LogP contribution in [0, 0.1) is 0 Å². The third kappa shape index (κ3) is 2.90. The molecule has 0 atom stereocenters. The summed E-state index contributed by atoms with van der Waals surface area (Å²) >= 11 is 0. The molecular formula is C18H22N6O2. The van der Waals surface area contributed by atoms with Crippen molar-refractivity contribution < 1.29 is 9.53 Å². The lowest BCUT2D eigenvalue weighted by molar-refractivity contribution is -0.0967. The number of carbonyl (C=O) groups excluding carboxylic acids is 1. The molecule has 1 amide bonds. The van der Waals surface area contributed by atoms with Gasteiger partial charge in [0.15, 0.2) is 0 Å². The van der Waals surface area contributed by atoms with Gasteiger partial charge in [0.25, 0.3) is 5.91 Å². The van der Waals surface area contributed by atoms with Crippen LogP contribution < -0.4 is 4.90 Å². The highest BCUT2D eigenvalue weighted by Gasteiger charge is 2.43. The van der Waals surface area contributed by atoms with Crippen molar-refractivity contribution >= 4 is 11.9 Å². The molecule has 2 aliphatic heterocycles. The van der Waals surface area contributed by atoms with Crippen LogP contribution >= 0.6 is 0 Å². The van der Waals surface area contributed by atoms with Crippen molar-refractivity contribution in [1.82, 2.24) is 24.8 Å². The number of fused-ring (bicyclic) bond motifs is 2. The van der Waals surface area contributed by atoms with Crippen molar-refractivity contribution in [3.05, 3.63) is 41.7 Å². The first kappa shape index (κ1) is 16.8. The molecular weight excluding hydrogens is 332 g/mol. The van der Waals surface area contributed by atoms with Gasteiger partial charge in [0.05, 0.1) is 18.5 Å². The summed E-state index contributed by atoms with van der Waals surface area (Å²) in [6, 6.07) is 0. The topological polar surface area (TPSA) is 84.3 Å². The van der Waals surface area contributed by atoms with E-state index in [-0.39, 0.29) is 5.91 Å². The number of hydrogen-bond donors (Lipinski definition) is 0. The summed E-state index contributed by atoms with van der Waals surface area (Å²) in [5.74, 6) is 0.604. The van der Waals surface area contributed by atoms with E-state index in [0.717, 1.165) is 30.5 Å². The number of piperidine rings is 1. The number of anilines is 1. The van der Waals surface area contributed by atoms with Gasteiger partial charge in [-0.1, -0.05) is 0 Å². The summed E-state index contributed by atoms with van der Waals surface area (Å²) in [6.45, 7) is 1.88. The summed E-state index contributed by atoms with van der Waals surface area (Å²) in [5.41, 5.74) is 2.08. The number of rotatable bonds is 2. The van der Waals surface area contributed by atoms with Crippen molar-refractivity contribution in [3.63, 3.8) is 0 Å². The van der Waals surface area contributed by atoms with Crippen LogP contribution in [0.15, 0.2) is 24.8 Å². The number of amides is 1. The maximum atomic E-state index is 12.6. The summed E-state index contributed by atoms with van der Waals surface area (Å²) in [7, 11) is 3.86. The minimum atomic E-state index is -0.430. The molecule has 0 unspecified atom stereocenters. The van der Waals surface area contributed by atoms with E-state index in [1.165, 1.54) is 6.20 Å². The van der Waals surface area contributed by atoms with E-state index in [4.69, 9.17) is 9.72 Å². The normalized spacial score (nSPS) is 18.5. The van der Waals surface area contributed by atoms with Gasteiger partial charge in [-0.2, -0.15) is 0 Å². The van der Waals surface area contributed by atoms with Crippen LogP contribution in [0.2, 0.25) is 0 Å². The molecule has 8 nitrogen and oxygen atoms in total. The zero-order valence-electron chi connectivity index (χ0n) is 15.1. The van der Waals surface area contributed by atoms with Crippen LogP contribution in [0.4, 0.5) is 5.95 Å². The molecule has 0 radical (unpaired) electrons. The highest BCUT2D eigenvalue weighted by molar-refractivity contribution is 5.92. The van der Waals surface area contributed by atoms with E-state index in [2.05, 4.69) is 15.0 Å². The first-order valence-electron chi connectivity index (χ1n) is 8.82. The van der Waals surface area contributed by atoms with Gasteiger partial charge in [-0.15, -0.1) is 0 Å². The summed E-state index contributed by atoms with van der Waals surface area (Å²) in [4.78, 5) is 33.6. The Hall–Kier alpha value is -2.61. The smallest absolute Gasteiger partial charge is 0.274 e. The quantitative estimate of drug-likeness (QED) is 0.796. The number of aromatic nitrogens is 4. The SMILES string of the molecule is CN(C)c1ncc2c(n1)C1(CCN(C(=O)c3cnccn3)CC1)OCC2. The van der Waals surface area contributed by atoms with Gasteiger partial charge >= 0.3 is 0 Å². The number of ether oxygens (including phenoxy) is 1. The Morgan fingerprint density at radius 3 is 2.69 bits per heavy atom. The minimum Gasteiger partial charge on any atom is -0.368 e. The van der Waals surface area contributed by atoms with Crippen LogP contribution in [-0.2, 0) is 16.8 Å². The molecule has 8 heteroatoms. The predicted octanol–water partition coefficient (Wildman–Crippen LogP) is 1.04. The molecule has 1 spiro atoms. The van der Waals surface area contributed by atoms with E-state index in [9.17, 15) is 4.79 Å². The lowest BCUT2D eigenvalue weighted by Gasteiger charge is -2.44. The van der Waals surface area contributed by atoms with Crippen LogP contribution in [0.5, 0.6) is 0 Å². The van der Waals surface area contributed by atoms with Gasteiger partial charge < -0.3 is 14.5 Å². The lowest BCUT2D eigenvalue weighted by atomic mass is 9.83. The van der Waals surface area contributed by atoms with Crippen molar-refractivity contribution in [3.8, 4) is 0 Å². The Labute approximate surface area is 152 Å². The molecule has 0 bridgehead atoms. The highest BCUT2D eigenvalue weighted by atomic mass is 16.5. The second kappa shape index (κ2) is 6.60. The summed E-state index contributed by atoms with van der Waals surface area (Å²) < 4.78 is 6.23. The average Bonchev–Trinajstić information content (AvgIpc) is 2.69. The van der Waals surface area contributed by atoms with E-state index >= 15 is 0 Å². The zero-order valence-corrected chi connectivity index (χ0v) is 15.1. The highest BCUT2D eigenvalue weighted by Crippen LogP contribution is 2.40. The van der Waals surface area contributed by atoms with Gasteiger partial charge in [0.2, 0.25) is 5.95 Å². The van der Waals surface area contributed by atoms with Crippen molar-refractivity contribution in [2.75, 3.05) is 38.7 Å². The Balaban J connectivity index is 1.56. The molecule has 0 N–H and O–H groups in total. The van der Waals surface area contributed by atoms with Crippen LogP contribution in [0.1, 0.15) is 34.6 Å². The molecule has 2 aromatic heterocycles. The Morgan fingerprint density at radius 1 is 1.19 bits per heavy atom. The van der Waals surface area contributed by atoms with E-state index in [1.807, 2.05) is 30.1 Å². The fourth-order valence-corrected chi connectivity index (χ4v) is 3.64. The lowest BCUT2D eigenvalue weighted by Crippen LogP contribution is -2.49. The second-order valence-electron chi connectivity index (χ2n) is 6.91. The third-order valence-corrected chi connectivity index (χ3v) is 5.07. The molecule has 2 aliphatic rings. The van der Waals surface area contributed by atoms with Gasteiger partial charge in [0.1, 0.15) is 11.3 Å². The van der Waals surface area contributed by atoms with Crippen LogP contribution in [-0.4, -0.2) is 64.5 Å². The zero-order chi connectivity index (χ0) is 18.1. The maximum Gasteiger partial charge on any atom is 0.274 e.